The molecule has 0 amide bonds. The molecule has 2 aliphatic carbocycles. The third-order valence-corrected chi connectivity index (χ3v) is 7.07. The second kappa shape index (κ2) is 8.52. The summed E-state index contributed by atoms with van der Waals surface area (Å²) in [5.74, 6) is 1.60. The lowest BCUT2D eigenvalue weighted by molar-refractivity contribution is -0.210. The molecule has 1 aromatic heterocycles. The van der Waals surface area contributed by atoms with Crippen molar-refractivity contribution in [3.63, 3.8) is 0 Å². The summed E-state index contributed by atoms with van der Waals surface area (Å²) >= 11 is 0. The smallest absolute Gasteiger partial charge is 0.131 e. The number of nitrogens with two attached hydrogens (primary N) is 1. The van der Waals surface area contributed by atoms with Crippen LogP contribution < -0.4 is 5.73 Å². The van der Waals surface area contributed by atoms with Gasteiger partial charge in [-0.3, -0.25) is 4.90 Å². The summed E-state index contributed by atoms with van der Waals surface area (Å²) in [5, 5.41) is 10.4. The first-order valence-electron chi connectivity index (χ1n) is 10.7. The monoisotopic (exact) mass is 374 g/mol. The van der Waals surface area contributed by atoms with E-state index in [2.05, 4.69) is 14.9 Å². The summed E-state index contributed by atoms with van der Waals surface area (Å²) in [5.41, 5.74) is 6.71. The van der Waals surface area contributed by atoms with Crippen molar-refractivity contribution < 1.29 is 9.84 Å². The highest BCUT2D eigenvalue weighted by Crippen LogP contribution is 2.51. The summed E-state index contributed by atoms with van der Waals surface area (Å²) in [7, 11) is 0. The zero-order valence-electron chi connectivity index (χ0n) is 16.4. The lowest BCUT2D eigenvalue weighted by Gasteiger charge is -2.56. The minimum absolute atomic E-state index is 0.0486. The molecule has 1 aromatic rings. The van der Waals surface area contributed by atoms with E-state index in [4.69, 9.17) is 10.5 Å². The van der Waals surface area contributed by atoms with Gasteiger partial charge in [-0.1, -0.05) is 19.3 Å². The van der Waals surface area contributed by atoms with Crippen LogP contribution in [-0.4, -0.2) is 58.4 Å². The molecule has 6 heteroatoms. The molecule has 27 heavy (non-hydrogen) atoms. The van der Waals surface area contributed by atoms with E-state index in [1.54, 1.807) is 0 Å². The number of aliphatic hydroxyl groups is 1. The van der Waals surface area contributed by atoms with Crippen LogP contribution in [0, 0.1) is 5.41 Å². The number of aromatic nitrogens is 2. The fraction of sp³-hybridized carbons (Fsp3) is 0.810. The van der Waals surface area contributed by atoms with E-state index in [1.165, 1.54) is 37.7 Å². The second-order valence-electron chi connectivity index (χ2n) is 8.69. The molecule has 2 saturated carbocycles. The molecule has 0 unspecified atom stereocenters. The van der Waals surface area contributed by atoms with Crippen molar-refractivity contribution >= 4 is 0 Å². The van der Waals surface area contributed by atoms with Crippen LogP contribution in [-0.2, 0) is 11.3 Å². The van der Waals surface area contributed by atoms with Crippen molar-refractivity contribution in [3.05, 3.63) is 23.8 Å². The average Bonchev–Trinajstić information content (AvgIpc) is 2.73. The van der Waals surface area contributed by atoms with Gasteiger partial charge in [-0.2, -0.15) is 0 Å². The molecule has 3 N–H and O–H groups in total. The molecule has 150 valence electrons. The third kappa shape index (κ3) is 4.04. The quantitative estimate of drug-likeness (QED) is 0.794. The Kier molecular flexibility index (Phi) is 6.07. The number of rotatable bonds is 6. The number of aliphatic hydroxyl groups excluding tert-OH is 1. The van der Waals surface area contributed by atoms with Crippen LogP contribution in [0.15, 0.2) is 12.4 Å². The Bertz CT molecular complexity index is 595. The van der Waals surface area contributed by atoms with Crippen molar-refractivity contribution in [1.29, 1.82) is 0 Å². The Morgan fingerprint density at radius 3 is 2.48 bits per heavy atom. The Hall–Kier alpha value is -1.08. The van der Waals surface area contributed by atoms with Crippen molar-refractivity contribution in [1.82, 2.24) is 14.9 Å². The van der Waals surface area contributed by atoms with Gasteiger partial charge in [-0.25, -0.2) is 9.97 Å². The fourth-order valence-corrected chi connectivity index (χ4v) is 5.23. The van der Waals surface area contributed by atoms with Gasteiger partial charge in [0.1, 0.15) is 5.82 Å². The maximum absolute atomic E-state index is 10.4. The predicted molar refractivity (Wildman–Crippen MR) is 104 cm³/mol. The molecular formula is C21H34N4O2. The molecule has 2 heterocycles. The van der Waals surface area contributed by atoms with Crippen LogP contribution >= 0.6 is 0 Å². The minimum Gasteiger partial charge on any atom is -0.392 e. The first-order valence-corrected chi connectivity index (χ1v) is 10.7. The Labute approximate surface area is 162 Å². The lowest BCUT2D eigenvalue weighted by atomic mass is 9.58. The van der Waals surface area contributed by atoms with Crippen LogP contribution in [0.3, 0.4) is 0 Å². The molecule has 0 radical (unpaired) electrons. The van der Waals surface area contributed by atoms with Gasteiger partial charge in [-0.15, -0.1) is 0 Å². The molecule has 3 aliphatic rings. The molecule has 6 nitrogen and oxygen atoms in total. The van der Waals surface area contributed by atoms with Crippen molar-refractivity contribution in [2.75, 3.05) is 26.2 Å². The molecule has 1 spiro atoms. The van der Waals surface area contributed by atoms with E-state index in [1.807, 2.05) is 12.4 Å². The summed E-state index contributed by atoms with van der Waals surface area (Å²) in [4.78, 5) is 11.8. The van der Waals surface area contributed by atoms with E-state index in [0.717, 1.165) is 44.7 Å². The topological polar surface area (TPSA) is 84.5 Å². The third-order valence-electron chi connectivity index (χ3n) is 7.07. The lowest BCUT2D eigenvalue weighted by Crippen LogP contribution is -2.62. The van der Waals surface area contributed by atoms with Crippen molar-refractivity contribution in [2.24, 2.45) is 11.1 Å². The van der Waals surface area contributed by atoms with Gasteiger partial charge >= 0.3 is 0 Å². The molecule has 1 aliphatic heterocycles. The van der Waals surface area contributed by atoms with Gasteiger partial charge in [0.25, 0.3) is 0 Å². The van der Waals surface area contributed by atoms with Gasteiger partial charge in [-0.05, 0) is 38.8 Å². The summed E-state index contributed by atoms with van der Waals surface area (Å²) in [6, 6.07) is 0. The maximum atomic E-state index is 10.4. The first-order chi connectivity index (χ1) is 13.2. The van der Waals surface area contributed by atoms with E-state index < -0.39 is 0 Å². The number of piperidine rings is 1. The van der Waals surface area contributed by atoms with Crippen LogP contribution in [0.1, 0.15) is 68.7 Å². The predicted octanol–water partition coefficient (Wildman–Crippen LogP) is 2.21. The largest absolute Gasteiger partial charge is 0.392 e. The Morgan fingerprint density at radius 1 is 1.15 bits per heavy atom. The Morgan fingerprint density at radius 2 is 1.85 bits per heavy atom. The molecule has 4 rings (SSSR count). The highest BCUT2D eigenvalue weighted by atomic mass is 16.5. The van der Waals surface area contributed by atoms with Crippen LogP contribution in [0.4, 0.5) is 0 Å². The summed E-state index contributed by atoms with van der Waals surface area (Å²) < 4.78 is 5.89. The number of likely N-dealkylation sites (tertiary alicyclic amines) is 1. The number of hydrogen-bond donors (Lipinski definition) is 2. The minimum atomic E-state index is -0.222. The molecule has 2 atom stereocenters. The number of hydrogen-bond acceptors (Lipinski definition) is 6. The van der Waals surface area contributed by atoms with E-state index in [0.29, 0.717) is 19.1 Å². The zero-order chi connectivity index (χ0) is 18.7. The van der Waals surface area contributed by atoms with Gasteiger partial charge in [0.15, 0.2) is 0 Å². The average molecular weight is 375 g/mol. The van der Waals surface area contributed by atoms with Crippen LogP contribution in [0.5, 0.6) is 0 Å². The molecule has 1 saturated heterocycles. The first kappa shape index (κ1) is 19.2. The Balaban J connectivity index is 1.29. The SMILES string of the molecule is NCCO[C@H]1C[C@@H](O)C12CCN(Cc1cnc(C3CCCCC3)nc1)CC2. The van der Waals surface area contributed by atoms with E-state index in [9.17, 15) is 5.11 Å². The highest BCUT2D eigenvalue weighted by Gasteiger charge is 2.55. The maximum Gasteiger partial charge on any atom is 0.131 e. The standard InChI is InChI=1S/C21H34N4O2/c22-8-11-27-19-12-18(26)21(19)6-9-25(10-7-21)15-16-13-23-20(24-14-16)17-4-2-1-3-5-17/h13-14,17-19,26H,1-12,15,22H2/t18-,19+/m1/s1. The van der Waals surface area contributed by atoms with Gasteiger partial charge in [0, 0.05) is 48.8 Å². The van der Waals surface area contributed by atoms with E-state index in [-0.39, 0.29) is 17.6 Å². The van der Waals surface area contributed by atoms with Crippen molar-refractivity contribution in [3.8, 4) is 0 Å². The highest BCUT2D eigenvalue weighted by molar-refractivity contribution is 5.10. The summed E-state index contributed by atoms with van der Waals surface area (Å²) in [6.45, 7) is 4.01. The molecule has 0 aromatic carbocycles. The molecule has 0 bridgehead atoms. The van der Waals surface area contributed by atoms with Crippen LogP contribution in [0.25, 0.3) is 0 Å². The summed E-state index contributed by atoms with van der Waals surface area (Å²) in [6.07, 6.45) is 13.2. The van der Waals surface area contributed by atoms with Crippen molar-refractivity contribution in [2.45, 2.75) is 76.0 Å². The van der Waals surface area contributed by atoms with Gasteiger partial charge in [0.05, 0.1) is 18.8 Å². The molecule has 3 fully saturated rings. The number of ether oxygens (including phenoxy) is 1. The zero-order valence-corrected chi connectivity index (χ0v) is 16.4. The second-order valence-corrected chi connectivity index (χ2v) is 8.69. The fourth-order valence-electron chi connectivity index (χ4n) is 5.23. The van der Waals surface area contributed by atoms with Crippen LogP contribution in [0.2, 0.25) is 0 Å². The van der Waals surface area contributed by atoms with E-state index >= 15 is 0 Å². The number of nitrogens with zero attached hydrogens (tertiary/aromatic N) is 3. The molecular weight excluding hydrogens is 340 g/mol. The van der Waals surface area contributed by atoms with Gasteiger partial charge in [0.2, 0.25) is 0 Å². The normalized spacial score (nSPS) is 29.0. The van der Waals surface area contributed by atoms with Gasteiger partial charge < -0.3 is 15.6 Å².